The number of nitrogens with one attached hydrogen (secondary N) is 1. The molecule has 6 heteroatoms. The van der Waals surface area contributed by atoms with Crippen molar-refractivity contribution in [2.45, 2.75) is 59.5 Å². The summed E-state index contributed by atoms with van der Waals surface area (Å²) in [6.07, 6.45) is 3.57. The zero-order chi connectivity index (χ0) is 27.6. The van der Waals surface area contributed by atoms with Crippen LogP contribution in [0.5, 0.6) is 5.75 Å². The van der Waals surface area contributed by atoms with E-state index in [-0.39, 0.29) is 17.5 Å². The fourth-order valence-electron chi connectivity index (χ4n) is 4.64. The number of hydrogen-bond acceptors (Lipinski definition) is 4. The maximum atomic E-state index is 13.9. The molecule has 0 bridgehead atoms. The van der Waals surface area contributed by atoms with Gasteiger partial charge in [-0.1, -0.05) is 70.7 Å². The Hall–Kier alpha value is -3.93. The molecule has 1 unspecified atom stereocenters. The molecule has 38 heavy (non-hydrogen) atoms. The summed E-state index contributed by atoms with van der Waals surface area (Å²) >= 11 is 0. The minimum absolute atomic E-state index is 0.0198. The van der Waals surface area contributed by atoms with Crippen LogP contribution in [-0.4, -0.2) is 23.2 Å². The number of H-pyrrole nitrogens is 1. The van der Waals surface area contributed by atoms with Crippen LogP contribution in [0.1, 0.15) is 68.5 Å². The zero-order valence-electron chi connectivity index (χ0n) is 23.0. The Bertz CT molecular complexity index is 1350. The molecule has 0 aliphatic carbocycles. The van der Waals surface area contributed by atoms with E-state index in [0.29, 0.717) is 23.8 Å². The molecule has 2 aromatic carbocycles. The number of hydrogen-bond donors (Lipinski definition) is 0. The minimum atomic E-state index is -0.783. The predicted octanol–water partition coefficient (Wildman–Crippen LogP) is 4.57. The van der Waals surface area contributed by atoms with E-state index in [1.807, 2.05) is 43.3 Å². The van der Waals surface area contributed by atoms with Crippen molar-refractivity contribution < 1.29 is 24.4 Å². The van der Waals surface area contributed by atoms with Crippen LogP contribution in [0.2, 0.25) is 0 Å². The number of carbonyl (C=O) groups is 2. The van der Waals surface area contributed by atoms with Crippen molar-refractivity contribution in [1.82, 2.24) is 4.90 Å². The summed E-state index contributed by atoms with van der Waals surface area (Å²) in [7, 11) is 0. The van der Waals surface area contributed by atoms with E-state index in [4.69, 9.17) is 4.74 Å². The van der Waals surface area contributed by atoms with E-state index >= 15 is 0 Å². The Morgan fingerprint density at radius 3 is 2.37 bits per heavy atom. The molecule has 1 N–H and O–H groups in total. The topological polar surface area (TPSA) is 83.8 Å². The molecule has 1 aliphatic rings. The first-order chi connectivity index (χ1) is 18.0. The number of carbonyl (C=O) groups excluding carboxylic acids is 2. The van der Waals surface area contributed by atoms with Gasteiger partial charge >= 0.3 is 0 Å². The minimum Gasteiger partial charge on any atom is -0.872 e. The first-order valence-corrected chi connectivity index (χ1v) is 13.0. The smallest absolute Gasteiger partial charge is 0.295 e. The number of likely N-dealkylation sites (tertiary alicyclic amines) is 1. The Balaban J connectivity index is 1.80. The van der Waals surface area contributed by atoms with Crippen molar-refractivity contribution in [1.29, 1.82) is 0 Å². The highest BCUT2D eigenvalue weighted by Crippen LogP contribution is 2.40. The van der Waals surface area contributed by atoms with E-state index in [9.17, 15) is 14.7 Å². The van der Waals surface area contributed by atoms with Crippen molar-refractivity contribution in [3.8, 4) is 5.75 Å². The van der Waals surface area contributed by atoms with Crippen LogP contribution in [-0.2, 0) is 21.5 Å². The Kier molecular flexibility index (Phi) is 7.72. The molecule has 2 heterocycles. The lowest BCUT2D eigenvalue weighted by Gasteiger charge is -2.28. The van der Waals surface area contributed by atoms with E-state index in [1.54, 1.807) is 30.6 Å². The highest BCUT2D eigenvalue weighted by atomic mass is 16.5. The molecule has 3 aromatic rings. The number of aryl methyl sites for hydroxylation is 1. The molecule has 4 rings (SSSR count). The van der Waals surface area contributed by atoms with Crippen molar-refractivity contribution in [3.05, 3.63) is 100 Å². The molecule has 1 aliphatic heterocycles. The standard InChI is InChI=1S/C32H36N2O4/c1-20(2)19-38-26-14-11-24(16-21(26)3)29(35)27-28(23-9-12-25(13-10-23)32(4,5)6)34(31(37)30(27)36)18-22-8-7-15-33-17-22/h7-17,20,28,35H,18-19H2,1-6H3/b29-27+. The summed E-state index contributed by atoms with van der Waals surface area (Å²) in [5.74, 6) is -0.792. The van der Waals surface area contributed by atoms with Gasteiger partial charge in [-0.3, -0.25) is 9.59 Å². The lowest BCUT2D eigenvalue weighted by molar-refractivity contribution is -0.378. The number of benzene rings is 2. The number of pyridine rings is 1. The Morgan fingerprint density at radius 2 is 1.79 bits per heavy atom. The SMILES string of the molecule is Cc1cc(/C([O-])=C2\C(=O)C(=O)N(Cc3ccc[nH+]c3)C2c2ccc(C(C)(C)C)cc2)ccc1OCC(C)C. The summed E-state index contributed by atoms with van der Waals surface area (Å²) in [6.45, 7) is 13.2. The van der Waals surface area contributed by atoms with Gasteiger partial charge in [0.25, 0.3) is 5.91 Å². The van der Waals surface area contributed by atoms with Gasteiger partial charge in [-0.15, -0.1) is 0 Å². The number of aromatic nitrogens is 1. The lowest BCUT2D eigenvalue weighted by atomic mass is 9.85. The van der Waals surface area contributed by atoms with Gasteiger partial charge in [0.1, 0.15) is 5.75 Å². The number of amides is 1. The van der Waals surface area contributed by atoms with Gasteiger partial charge in [-0.25, -0.2) is 4.98 Å². The fourth-order valence-corrected chi connectivity index (χ4v) is 4.64. The van der Waals surface area contributed by atoms with Gasteiger partial charge < -0.3 is 14.7 Å². The molecular weight excluding hydrogens is 476 g/mol. The quantitative estimate of drug-likeness (QED) is 0.264. The fraction of sp³-hybridized carbons (Fsp3) is 0.344. The molecular formula is C32H36N2O4. The van der Waals surface area contributed by atoms with Crippen LogP contribution in [0.15, 0.2) is 72.6 Å². The number of ether oxygens (including phenoxy) is 1. The number of Topliss-reactive ketones (excluding diaryl/α,β-unsaturated/α-hetero) is 1. The second-order valence-electron chi connectivity index (χ2n) is 11.4. The Morgan fingerprint density at radius 1 is 1.08 bits per heavy atom. The maximum absolute atomic E-state index is 13.9. The summed E-state index contributed by atoms with van der Waals surface area (Å²) in [6, 6.07) is 16.0. The van der Waals surface area contributed by atoms with E-state index in [2.05, 4.69) is 39.6 Å². The molecule has 1 atom stereocenters. The van der Waals surface area contributed by atoms with Crippen LogP contribution >= 0.6 is 0 Å². The van der Waals surface area contributed by atoms with E-state index in [1.165, 1.54) is 4.90 Å². The third-order valence-corrected chi connectivity index (χ3v) is 6.76. The van der Waals surface area contributed by atoms with Crippen molar-refractivity contribution in [2.24, 2.45) is 5.92 Å². The van der Waals surface area contributed by atoms with E-state index in [0.717, 1.165) is 22.3 Å². The first kappa shape index (κ1) is 27.1. The molecule has 1 aromatic heterocycles. The maximum Gasteiger partial charge on any atom is 0.295 e. The highest BCUT2D eigenvalue weighted by molar-refractivity contribution is 6.46. The molecule has 0 spiro atoms. The summed E-state index contributed by atoms with van der Waals surface area (Å²) < 4.78 is 5.86. The van der Waals surface area contributed by atoms with Crippen LogP contribution in [0.25, 0.3) is 5.76 Å². The summed E-state index contributed by atoms with van der Waals surface area (Å²) in [5.41, 5.74) is 3.78. The molecule has 0 saturated carbocycles. The number of nitrogens with zero attached hydrogens (tertiary/aromatic N) is 1. The summed E-state index contributed by atoms with van der Waals surface area (Å²) in [4.78, 5) is 31.2. The van der Waals surface area contributed by atoms with Crippen molar-refractivity contribution in [2.75, 3.05) is 6.61 Å². The molecule has 198 valence electrons. The monoisotopic (exact) mass is 512 g/mol. The molecule has 1 saturated heterocycles. The second kappa shape index (κ2) is 10.8. The average molecular weight is 513 g/mol. The second-order valence-corrected chi connectivity index (χ2v) is 11.4. The molecule has 1 amide bonds. The average Bonchev–Trinajstić information content (AvgIpc) is 3.12. The molecule has 1 fully saturated rings. The van der Waals surface area contributed by atoms with Crippen LogP contribution < -0.4 is 14.8 Å². The van der Waals surface area contributed by atoms with Crippen molar-refractivity contribution in [3.63, 3.8) is 0 Å². The predicted molar refractivity (Wildman–Crippen MR) is 145 cm³/mol. The number of ketones is 1. The molecule has 6 nitrogen and oxygen atoms in total. The first-order valence-electron chi connectivity index (χ1n) is 13.0. The summed E-state index contributed by atoms with van der Waals surface area (Å²) in [5, 5.41) is 13.9. The largest absolute Gasteiger partial charge is 0.872 e. The molecule has 0 radical (unpaired) electrons. The van der Waals surface area contributed by atoms with Gasteiger partial charge in [0.05, 0.1) is 19.2 Å². The van der Waals surface area contributed by atoms with Gasteiger partial charge in [0.2, 0.25) is 5.78 Å². The third kappa shape index (κ3) is 5.64. The Labute approximate surface area is 225 Å². The normalized spacial score (nSPS) is 17.3. The van der Waals surface area contributed by atoms with Gasteiger partial charge in [-0.2, -0.15) is 0 Å². The van der Waals surface area contributed by atoms with Crippen LogP contribution in [0.3, 0.4) is 0 Å². The number of aromatic amines is 1. The van der Waals surface area contributed by atoms with Gasteiger partial charge in [0.15, 0.2) is 12.4 Å². The van der Waals surface area contributed by atoms with Crippen LogP contribution in [0, 0.1) is 12.8 Å². The third-order valence-electron chi connectivity index (χ3n) is 6.76. The van der Waals surface area contributed by atoms with E-state index < -0.39 is 23.5 Å². The van der Waals surface area contributed by atoms with Crippen LogP contribution in [0.4, 0.5) is 0 Å². The van der Waals surface area contributed by atoms with Crippen molar-refractivity contribution >= 4 is 17.4 Å². The lowest BCUT2D eigenvalue weighted by Crippen LogP contribution is -2.29. The number of rotatable bonds is 7. The van der Waals surface area contributed by atoms with Gasteiger partial charge in [-0.05, 0) is 58.7 Å². The highest BCUT2D eigenvalue weighted by Gasteiger charge is 2.44. The zero-order valence-corrected chi connectivity index (χ0v) is 23.0. The van der Waals surface area contributed by atoms with Gasteiger partial charge in [0, 0.05) is 17.2 Å².